The fraction of sp³-hybridized carbons (Fsp3) is 0.111. The molecule has 1 heterocycles. The van der Waals surface area contributed by atoms with Crippen LogP contribution in [0, 0.1) is 0 Å². The topological polar surface area (TPSA) is 46.9 Å². The number of amides is 1. The van der Waals surface area contributed by atoms with Crippen molar-refractivity contribution in [2.45, 2.75) is 12.7 Å². The average molecular weight is 380 g/mol. The first-order valence-electron chi connectivity index (χ1n) is 7.59. The number of hydrogen-bond acceptors (Lipinski definition) is 2. The molecule has 0 saturated heterocycles. The molecule has 1 amide bonds. The third-order valence-electron chi connectivity index (χ3n) is 3.66. The van der Waals surface area contributed by atoms with Gasteiger partial charge in [0, 0.05) is 12.3 Å². The van der Waals surface area contributed by atoms with E-state index in [9.17, 15) is 18.0 Å². The van der Waals surface area contributed by atoms with E-state index in [0.717, 1.165) is 6.07 Å². The van der Waals surface area contributed by atoms with Crippen molar-refractivity contribution < 1.29 is 18.0 Å². The van der Waals surface area contributed by atoms with Crippen LogP contribution in [0.3, 0.4) is 0 Å². The van der Waals surface area contributed by atoms with E-state index in [2.05, 4.69) is 10.4 Å². The molecule has 0 aliphatic heterocycles. The number of anilines is 1. The Labute approximate surface area is 152 Å². The lowest BCUT2D eigenvalue weighted by Gasteiger charge is -2.12. The van der Waals surface area contributed by atoms with E-state index in [0.29, 0.717) is 5.02 Å². The van der Waals surface area contributed by atoms with Gasteiger partial charge in [-0.2, -0.15) is 18.3 Å². The molecule has 0 aliphatic rings. The summed E-state index contributed by atoms with van der Waals surface area (Å²) < 4.78 is 40.5. The number of halogens is 4. The lowest BCUT2D eigenvalue weighted by molar-refractivity contribution is -0.138. The molecule has 3 aromatic rings. The van der Waals surface area contributed by atoms with Crippen LogP contribution in [-0.4, -0.2) is 15.7 Å². The standard InChI is InChI=1S/C18H13ClF3N3O/c19-15-8-4-2-6-13(15)17(26)23-16-9-10-25(24-16)11-12-5-1-3-7-14(12)18(20,21)22/h1-10H,11H2,(H,23,24,26). The van der Waals surface area contributed by atoms with Crippen LogP contribution in [0.5, 0.6) is 0 Å². The van der Waals surface area contributed by atoms with Gasteiger partial charge in [0.15, 0.2) is 5.82 Å². The molecule has 26 heavy (non-hydrogen) atoms. The first kappa shape index (κ1) is 18.0. The summed E-state index contributed by atoms with van der Waals surface area (Å²) in [5, 5.41) is 6.97. The van der Waals surface area contributed by atoms with Gasteiger partial charge in [-0.3, -0.25) is 9.48 Å². The Kier molecular flexibility index (Phi) is 4.99. The number of nitrogens with zero attached hydrogens (tertiary/aromatic N) is 2. The number of hydrogen-bond donors (Lipinski definition) is 1. The van der Waals surface area contributed by atoms with Crippen molar-refractivity contribution in [3.63, 3.8) is 0 Å². The fourth-order valence-electron chi connectivity index (χ4n) is 2.45. The monoisotopic (exact) mass is 379 g/mol. The number of alkyl halides is 3. The van der Waals surface area contributed by atoms with E-state index in [1.54, 1.807) is 24.3 Å². The largest absolute Gasteiger partial charge is 0.416 e. The SMILES string of the molecule is O=C(Nc1ccn(Cc2ccccc2C(F)(F)F)n1)c1ccccc1Cl. The Morgan fingerprint density at radius 2 is 1.77 bits per heavy atom. The van der Waals surface area contributed by atoms with Crippen LogP contribution in [0.4, 0.5) is 19.0 Å². The second-order valence-corrected chi connectivity index (χ2v) is 5.89. The van der Waals surface area contributed by atoms with E-state index in [1.807, 2.05) is 0 Å². The second kappa shape index (κ2) is 7.21. The van der Waals surface area contributed by atoms with Crippen molar-refractivity contribution in [1.82, 2.24) is 9.78 Å². The lowest BCUT2D eigenvalue weighted by atomic mass is 10.1. The Morgan fingerprint density at radius 1 is 1.08 bits per heavy atom. The summed E-state index contributed by atoms with van der Waals surface area (Å²) in [4.78, 5) is 12.2. The summed E-state index contributed by atoms with van der Waals surface area (Å²) in [6, 6.07) is 13.3. The summed E-state index contributed by atoms with van der Waals surface area (Å²) in [7, 11) is 0. The Hall–Kier alpha value is -2.80. The van der Waals surface area contributed by atoms with Crippen LogP contribution in [-0.2, 0) is 12.7 Å². The molecule has 8 heteroatoms. The minimum atomic E-state index is -4.44. The summed E-state index contributed by atoms with van der Waals surface area (Å²) in [5.41, 5.74) is -0.338. The van der Waals surface area contributed by atoms with Gasteiger partial charge >= 0.3 is 6.18 Å². The third-order valence-corrected chi connectivity index (χ3v) is 3.99. The highest BCUT2D eigenvalue weighted by Gasteiger charge is 2.32. The van der Waals surface area contributed by atoms with Gasteiger partial charge in [0.25, 0.3) is 5.91 Å². The van der Waals surface area contributed by atoms with Crippen molar-refractivity contribution >= 4 is 23.3 Å². The molecule has 1 aromatic heterocycles. The van der Waals surface area contributed by atoms with E-state index < -0.39 is 17.6 Å². The maximum atomic E-state index is 13.1. The molecule has 3 rings (SSSR count). The minimum absolute atomic E-state index is 0.0718. The summed E-state index contributed by atoms with van der Waals surface area (Å²) in [6.45, 7) is -0.0718. The maximum Gasteiger partial charge on any atom is 0.416 e. The predicted octanol–water partition coefficient (Wildman–Crippen LogP) is 4.86. The molecule has 0 aliphatic carbocycles. The van der Waals surface area contributed by atoms with Gasteiger partial charge in [0.05, 0.1) is 22.7 Å². The van der Waals surface area contributed by atoms with Crippen molar-refractivity contribution in [1.29, 1.82) is 0 Å². The van der Waals surface area contributed by atoms with Crippen LogP contribution in [0.1, 0.15) is 21.5 Å². The van der Waals surface area contributed by atoms with Crippen LogP contribution in [0.2, 0.25) is 5.02 Å². The van der Waals surface area contributed by atoms with Crippen LogP contribution >= 0.6 is 11.6 Å². The molecule has 0 fully saturated rings. The summed E-state index contributed by atoms with van der Waals surface area (Å²) in [6.07, 6.45) is -2.94. The van der Waals surface area contributed by atoms with Gasteiger partial charge in [0.2, 0.25) is 0 Å². The quantitative estimate of drug-likeness (QED) is 0.704. The van der Waals surface area contributed by atoms with Gasteiger partial charge in [-0.1, -0.05) is 41.9 Å². The molecular formula is C18H13ClF3N3O. The van der Waals surface area contributed by atoms with Gasteiger partial charge < -0.3 is 5.32 Å². The predicted molar refractivity (Wildman–Crippen MR) is 92.2 cm³/mol. The Morgan fingerprint density at radius 3 is 2.50 bits per heavy atom. The highest BCUT2D eigenvalue weighted by molar-refractivity contribution is 6.34. The number of rotatable bonds is 4. The number of aromatic nitrogens is 2. The molecule has 2 aromatic carbocycles. The molecule has 4 nitrogen and oxygen atoms in total. The first-order valence-corrected chi connectivity index (χ1v) is 7.97. The normalized spacial score (nSPS) is 11.4. The zero-order chi connectivity index (χ0) is 18.7. The number of carbonyl (C=O) groups is 1. The molecule has 0 unspecified atom stereocenters. The molecule has 1 N–H and O–H groups in total. The van der Waals surface area contributed by atoms with Crippen LogP contribution < -0.4 is 5.32 Å². The van der Waals surface area contributed by atoms with Gasteiger partial charge in [-0.05, 0) is 23.8 Å². The average Bonchev–Trinajstić information content (AvgIpc) is 3.01. The molecule has 0 bridgehead atoms. The van der Waals surface area contributed by atoms with Gasteiger partial charge in [-0.25, -0.2) is 0 Å². The van der Waals surface area contributed by atoms with Gasteiger partial charge in [-0.15, -0.1) is 0 Å². The first-order chi connectivity index (χ1) is 12.3. The van der Waals surface area contributed by atoms with E-state index in [4.69, 9.17) is 11.6 Å². The molecule has 0 spiro atoms. The van der Waals surface area contributed by atoms with Crippen LogP contribution in [0.25, 0.3) is 0 Å². The van der Waals surface area contributed by atoms with E-state index >= 15 is 0 Å². The van der Waals surface area contributed by atoms with Crippen molar-refractivity contribution in [3.8, 4) is 0 Å². The maximum absolute atomic E-state index is 13.1. The van der Waals surface area contributed by atoms with Gasteiger partial charge in [0.1, 0.15) is 0 Å². The summed E-state index contributed by atoms with van der Waals surface area (Å²) >= 11 is 5.97. The van der Waals surface area contributed by atoms with Crippen LogP contribution in [0.15, 0.2) is 60.8 Å². The Balaban J connectivity index is 1.75. The van der Waals surface area contributed by atoms with Crippen molar-refractivity contribution in [2.75, 3.05) is 5.32 Å². The molecule has 0 atom stereocenters. The second-order valence-electron chi connectivity index (χ2n) is 5.49. The summed E-state index contributed by atoms with van der Waals surface area (Å²) in [5.74, 6) is -0.226. The Bertz CT molecular complexity index is 937. The van der Waals surface area contributed by atoms with E-state index in [-0.39, 0.29) is 23.5 Å². The highest BCUT2D eigenvalue weighted by atomic mass is 35.5. The molecule has 0 radical (unpaired) electrons. The molecule has 0 saturated carbocycles. The number of nitrogens with one attached hydrogen (secondary N) is 1. The van der Waals surface area contributed by atoms with Crippen molar-refractivity contribution in [3.05, 3.63) is 82.5 Å². The lowest BCUT2D eigenvalue weighted by Crippen LogP contribution is -2.14. The number of carbonyl (C=O) groups excluding carboxylic acids is 1. The molecular weight excluding hydrogens is 367 g/mol. The van der Waals surface area contributed by atoms with E-state index in [1.165, 1.54) is 35.1 Å². The third kappa shape index (κ3) is 4.05. The fourth-order valence-corrected chi connectivity index (χ4v) is 2.68. The molecule has 134 valence electrons. The van der Waals surface area contributed by atoms with Crippen molar-refractivity contribution in [2.24, 2.45) is 0 Å². The number of benzene rings is 2. The highest BCUT2D eigenvalue weighted by Crippen LogP contribution is 2.32. The zero-order valence-electron chi connectivity index (χ0n) is 13.3. The minimum Gasteiger partial charge on any atom is -0.305 e. The zero-order valence-corrected chi connectivity index (χ0v) is 14.1. The smallest absolute Gasteiger partial charge is 0.305 e.